The van der Waals surface area contributed by atoms with E-state index < -0.39 is 0 Å². The lowest BCUT2D eigenvalue weighted by molar-refractivity contribution is 0.0909. The molecule has 0 atom stereocenters. The number of nitrogens with zero attached hydrogens (tertiary/aromatic N) is 2. The lowest BCUT2D eigenvalue weighted by Crippen LogP contribution is -2.40. The van der Waals surface area contributed by atoms with E-state index in [2.05, 4.69) is 45.4 Å². The number of hydrogen-bond acceptors (Lipinski definition) is 3. The largest absolute Gasteiger partial charge is 0.346 e. The number of amides is 1. The van der Waals surface area contributed by atoms with Crippen molar-refractivity contribution in [2.24, 2.45) is 0 Å². The maximum absolute atomic E-state index is 12.6. The normalized spacial score (nSPS) is 17.1. The van der Waals surface area contributed by atoms with E-state index in [4.69, 9.17) is 0 Å². The Morgan fingerprint density at radius 3 is 2.65 bits per heavy atom. The Hall–Kier alpha value is -3.47. The Bertz CT molecular complexity index is 1330. The van der Waals surface area contributed by atoms with E-state index in [9.17, 15) is 4.79 Å². The number of carbonyl (C=O) groups is 1. The van der Waals surface area contributed by atoms with E-state index in [1.165, 1.54) is 12.0 Å². The van der Waals surface area contributed by atoms with E-state index in [0.717, 1.165) is 70.1 Å². The molecule has 4 aromatic rings. The van der Waals surface area contributed by atoms with Crippen molar-refractivity contribution in [1.82, 2.24) is 20.3 Å². The summed E-state index contributed by atoms with van der Waals surface area (Å²) < 4.78 is 0. The summed E-state index contributed by atoms with van der Waals surface area (Å²) in [6, 6.07) is 10.5. The van der Waals surface area contributed by atoms with E-state index in [-0.39, 0.29) is 11.4 Å². The van der Waals surface area contributed by atoms with Crippen molar-refractivity contribution in [2.75, 3.05) is 0 Å². The van der Waals surface area contributed by atoms with Crippen molar-refractivity contribution in [3.8, 4) is 22.3 Å². The van der Waals surface area contributed by atoms with Gasteiger partial charge in [-0.15, -0.1) is 0 Å². The van der Waals surface area contributed by atoms with Crippen molar-refractivity contribution < 1.29 is 4.79 Å². The molecule has 1 saturated carbocycles. The molecule has 5 heteroatoms. The lowest BCUT2D eigenvalue weighted by Gasteiger charge is -2.34. The summed E-state index contributed by atoms with van der Waals surface area (Å²) in [6.07, 6.45) is 13.2. The van der Waals surface area contributed by atoms with Crippen molar-refractivity contribution in [1.29, 1.82) is 0 Å². The van der Waals surface area contributed by atoms with Gasteiger partial charge in [0.15, 0.2) is 0 Å². The minimum absolute atomic E-state index is 0.0679. The molecule has 3 aromatic heterocycles. The first kappa shape index (κ1) is 18.3. The molecule has 6 rings (SSSR count). The average Bonchev–Trinajstić information content (AvgIpc) is 3.33. The Morgan fingerprint density at radius 1 is 0.935 bits per heavy atom. The summed E-state index contributed by atoms with van der Waals surface area (Å²) in [6.45, 7) is 2.09. The molecule has 1 amide bonds. The van der Waals surface area contributed by atoms with E-state index in [1.54, 1.807) is 0 Å². The van der Waals surface area contributed by atoms with Gasteiger partial charge in [-0.25, -0.2) is 4.98 Å². The third-order valence-electron chi connectivity index (χ3n) is 7.03. The van der Waals surface area contributed by atoms with Gasteiger partial charge in [-0.1, -0.05) is 25.3 Å². The van der Waals surface area contributed by atoms with Gasteiger partial charge in [0.25, 0.3) is 5.91 Å². The van der Waals surface area contributed by atoms with Crippen molar-refractivity contribution in [2.45, 2.75) is 44.6 Å². The van der Waals surface area contributed by atoms with Crippen LogP contribution in [0.2, 0.25) is 0 Å². The highest BCUT2D eigenvalue weighted by Gasteiger charge is 2.43. The molecule has 1 aromatic carbocycles. The molecule has 4 heterocycles. The van der Waals surface area contributed by atoms with Crippen molar-refractivity contribution in [3.63, 3.8) is 0 Å². The van der Waals surface area contributed by atoms with Crippen molar-refractivity contribution in [3.05, 3.63) is 71.8 Å². The van der Waals surface area contributed by atoms with Gasteiger partial charge in [-0.2, -0.15) is 0 Å². The molecule has 1 aliphatic carbocycles. The van der Waals surface area contributed by atoms with Crippen LogP contribution in [0.1, 0.15) is 53.6 Å². The number of benzene rings is 1. The van der Waals surface area contributed by atoms with Crippen LogP contribution < -0.4 is 5.32 Å². The first-order valence-electron chi connectivity index (χ1n) is 11.0. The second-order valence-corrected chi connectivity index (χ2v) is 8.87. The second kappa shape index (κ2) is 6.77. The summed E-state index contributed by atoms with van der Waals surface area (Å²) in [5.41, 5.74) is 8.22. The molecule has 0 bridgehead atoms. The molecule has 154 valence electrons. The van der Waals surface area contributed by atoms with Gasteiger partial charge in [0.2, 0.25) is 0 Å². The summed E-state index contributed by atoms with van der Waals surface area (Å²) in [7, 11) is 0. The number of hydrogen-bond donors (Lipinski definition) is 2. The molecule has 0 unspecified atom stereocenters. The van der Waals surface area contributed by atoms with Crippen LogP contribution in [0.15, 0.2) is 55.1 Å². The Balaban J connectivity index is 1.49. The zero-order valence-corrected chi connectivity index (χ0v) is 17.5. The first-order valence-corrected chi connectivity index (χ1v) is 11.0. The van der Waals surface area contributed by atoms with Gasteiger partial charge in [-0.3, -0.25) is 9.78 Å². The minimum Gasteiger partial charge on any atom is -0.346 e. The number of fused-ring (bicyclic) bond motifs is 3. The predicted octanol–water partition coefficient (Wildman–Crippen LogP) is 5.50. The molecule has 31 heavy (non-hydrogen) atoms. The van der Waals surface area contributed by atoms with E-state index in [0.29, 0.717) is 0 Å². The number of aromatic nitrogens is 3. The Labute approximate surface area is 180 Å². The van der Waals surface area contributed by atoms with Crippen LogP contribution in [0.25, 0.3) is 33.3 Å². The van der Waals surface area contributed by atoms with Gasteiger partial charge in [-0.05, 0) is 60.7 Å². The standard InChI is InChI=1S/C26H24N4O/c1-16-7-10-27-14-21(16)18-11-20-22(15-29-24(20)28-13-18)17-5-6-19-23(12-17)26(30-25(19)31)8-3-2-4-9-26/h5-7,10-15H,2-4,8-9H2,1H3,(H,28,29)(H,30,31). The number of aryl methyl sites for hydroxylation is 1. The van der Waals surface area contributed by atoms with Gasteiger partial charge < -0.3 is 10.3 Å². The zero-order chi connectivity index (χ0) is 21.0. The molecule has 5 nitrogen and oxygen atoms in total. The maximum atomic E-state index is 12.6. The highest BCUT2D eigenvalue weighted by atomic mass is 16.2. The Kier molecular flexibility index (Phi) is 4.00. The minimum atomic E-state index is -0.191. The molecular weight excluding hydrogens is 384 g/mol. The molecule has 2 N–H and O–H groups in total. The molecule has 0 saturated heterocycles. The van der Waals surface area contributed by atoms with Gasteiger partial charge in [0.05, 0.1) is 5.54 Å². The lowest BCUT2D eigenvalue weighted by atomic mass is 9.77. The van der Waals surface area contributed by atoms with Crippen LogP contribution >= 0.6 is 0 Å². The van der Waals surface area contributed by atoms with Crippen LogP contribution in [0.4, 0.5) is 0 Å². The van der Waals surface area contributed by atoms with Crippen LogP contribution in [-0.4, -0.2) is 20.9 Å². The molecule has 2 aliphatic rings. The number of aromatic amines is 1. The predicted molar refractivity (Wildman–Crippen MR) is 122 cm³/mol. The fourth-order valence-electron chi connectivity index (χ4n) is 5.36. The fourth-order valence-corrected chi connectivity index (χ4v) is 5.36. The maximum Gasteiger partial charge on any atom is 0.252 e. The van der Waals surface area contributed by atoms with Crippen LogP contribution in [0, 0.1) is 6.92 Å². The number of pyridine rings is 2. The smallest absolute Gasteiger partial charge is 0.252 e. The number of rotatable bonds is 2. The Morgan fingerprint density at radius 2 is 1.81 bits per heavy atom. The number of carbonyl (C=O) groups excluding carboxylic acids is 1. The summed E-state index contributed by atoms with van der Waals surface area (Å²) in [4.78, 5) is 24.9. The second-order valence-electron chi connectivity index (χ2n) is 8.87. The monoisotopic (exact) mass is 408 g/mol. The number of nitrogens with one attached hydrogen (secondary N) is 2. The number of H-pyrrole nitrogens is 1. The first-order chi connectivity index (χ1) is 15.1. The van der Waals surface area contributed by atoms with Gasteiger partial charge >= 0.3 is 0 Å². The van der Waals surface area contributed by atoms with Crippen LogP contribution in [0.3, 0.4) is 0 Å². The van der Waals surface area contributed by atoms with Gasteiger partial charge in [0.1, 0.15) is 5.65 Å². The third-order valence-corrected chi connectivity index (χ3v) is 7.03. The van der Waals surface area contributed by atoms with Crippen LogP contribution in [0.5, 0.6) is 0 Å². The highest BCUT2D eigenvalue weighted by molar-refractivity contribution is 6.02. The summed E-state index contributed by atoms with van der Waals surface area (Å²) in [5, 5.41) is 4.39. The molecule has 1 aliphatic heterocycles. The third kappa shape index (κ3) is 2.80. The fraction of sp³-hybridized carbons (Fsp3) is 0.269. The zero-order valence-electron chi connectivity index (χ0n) is 17.5. The van der Waals surface area contributed by atoms with Gasteiger partial charge in [0, 0.05) is 52.4 Å². The average molecular weight is 409 g/mol. The molecule has 0 radical (unpaired) electrons. The van der Waals surface area contributed by atoms with E-state index >= 15 is 0 Å². The summed E-state index contributed by atoms with van der Waals surface area (Å²) >= 11 is 0. The SMILES string of the molecule is Cc1ccncc1-c1cnc2[nH]cc(-c3ccc4c(c3)C3(CCCCC3)NC4=O)c2c1. The topological polar surface area (TPSA) is 70.7 Å². The molecular formula is C26H24N4O. The molecule has 1 fully saturated rings. The highest BCUT2D eigenvalue weighted by Crippen LogP contribution is 2.44. The quantitative estimate of drug-likeness (QED) is 0.460. The van der Waals surface area contributed by atoms with Crippen molar-refractivity contribution >= 4 is 16.9 Å². The van der Waals surface area contributed by atoms with Crippen LogP contribution in [-0.2, 0) is 5.54 Å². The molecule has 1 spiro atoms. The van der Waals surface area contributed by atoms with E-state index in [1.807, 2.05) is 36.9 Å². The summed E-state index contributed by atoms with van der Waals surface area (Å²) in [5.74, 6) is 0.0679.